The van der Waals surface area contributed by atoms with Gasteiger partial charge >= 0.3 is 0 Å². The number of aryl methyl sites for hydroxylation is 1. The zero-order valence-corrected chi connectivity index (χ0v) is 11.2. The molecule has 1 N–H and O–H groups in total. The SMILES string of the molecule is Cc1ncc(C#N)c(NCC(C)C(C)(C)C)n1. The lowest BCUT2D eigenvalue weighted by atomic mass is 9.82. The molecule has 1 unspecified atom stereocenters. The number of hydrogen-bond donors (Lipinski definition) is 1. The van der Waals surface area contributed by atoms with Gasteiger partial charge in [0.25, 0.3) is 0 Å². The Hall–Kier alpha value is -1.63. The molecule has 92 valence electrons. The van der Waals surface area contributed by atoms with Crippen LogP contribution in [0.4, 0.5) is 5.82 Å². The van der Waals surface area contributed by atoms with E-state index in [9.17, 15) is 0 Å². The highest BCUT2D eigenvalue weighted by Gasteiger charge is 2.20. The lowest BCUT2D eigenvalue weighted by Gasteiger charge is -2.27. The maximum Gasteiger partial charge on any atom is 0.147 e. The molecule has 0 aromatic carbocycles. The maximum atomic E-state index is 8.96. The van der Waals surface area contributed by atoms with Crippen molar-refractivity contribution in [3.05, 3.63) is 17.6 Å². The average molecular weight is 232 g/mol. The van der Waals surface area contributed by atoms with Crippen molar-refractivity contribution in [2.24, 2.45) is 11.3 Å². The summed E-state index contributed by atoms with van der Waals surface area (Å²) in [6, 6.07) is 2.10. The van der Waals surface area contributed by atoms with Crippen LogP contribution in [-0.2, 0) is 0 Å². The van der Waals surface area contributed by atoms with E-state index in [-0.39, 0.29) is 5.41 Å². The summed E-state index contributed by atoms with van der Waals surface area (Å²) in [7, 11) is 0. The van der Waals surface area contributed by atoms with Crippen LogP contribution >= 0.6 is 0 Å². The quantitative estimate of drug-likeness (QED) is 0.870. The second-order valence-electron chi connectivity index (χ2n) is 5.44. The van der Waals surface area contributed by atoms with Crippen molar-refractivity contribution < 1.29 is 0 Å². The molecule has 0 saturated heterocycles. The lowest BCUT2D eigenvalue weighted by Crippen LogP contribution is -2.25. The summed E-state index contributed by atoms with van der Waals surface area (Å²) < 4.78 is 0. The van der Waals surface area contributed by atoms with Crippen LogP contribution < -0.4 is 5.32 Å². The molecular weight excluding hydrogens is 212 g/mol. The molecular formula is C13H20N4. The van der Waals surface area contributed by atoms with Crippen molar-refractivity contribution in [1.29, 1.82) is 5.26 Å². The van der Waals surface area contributed by atoms with Crippen LogP contribution in [0.1, 0.15) is 39.1 Å². The summed E-state index contributed by atoms with van der Waals surface area (Å²) in [5.74, 6) is 1.80. The van der Waals surface area contributed by atoms with Crippen molar-refractivity contribution in [2.75, 3.05) is 11.9 Å². The van der Waals surface area contributed by atoms with Gasteiger partial charge in [0.05, 0.1) is 6.20 Å². The van der Waals surface area contributed by atoms with Gasteiger partial charge in [-0.05, 0) is 18.3 Å². The topological polar surface area (TPSA) is 61.6 Å². The monoisotopic (exact) mass is 232 g/mol. The van der Waals surface area contributed by atoms with E-state index in [2.05, 4.69) is 49.0 Å². The molecule has 1 aromatic rings. The Morgan fingerprint density at radius 2 is 2.12 bits per heavy atom. The van der Waals surface area contributed by atoms with Crippen molar-refractivity contribution in [3.8, 4) is 6.07 Å². The predicted octanol–water partition coefficient (Wildman–Crippen LogP) is 2.75. The predicted molar refractivity (Wildman–Crippen MR) is 68.6 cm³/mol. The van der Waals surface area contributed by atoms with Gasteiger partial charge < -0.3 is 5.32 Å². The molecule has 1 rings (SSSR count). The van der Waals surface area contributed by atoms with Gasteiger partial charge in [-0.2, -0.15) is 5.26 Å². The third kappa shape index (κ3) is 3.70. The number of hydrogen-bond acceptors (Lipinski definition) is 4. The lowest BCUT2D eigenvalue weighted by molar-refractivity contribution is 0.274. The van der Waals surface area contributed by atoms with Crippen molar-refractivity contribution in [3.63, 3.8) is 0 Å². The minimum atomic E-state index is 0.238. The molecule has 17 heavy (non-hydrogen) atoms. The Morgan fingerprint density at radius 3 is 2.65 bits per heavy atom. The van der Waals surface area contributed by atoms with Crippen LogP contribution in [0.3, 0.4) is 0 Å². The first kappa shape index (κ1) is 13.4. The van der Waals surface area contributed by atoms with Crippen LogP contribution in [0.5, 0.6) is 0 Å². The van der Waals surface area contributed by atoms with Gasteiger partial charge in [-0.15, -0.1) is 0 Å². The van der Waals surface area contributed by atoms with Gasteiger partial charge in [0.2, 0.25) is 0 Å². The number of aromatic nitrogens is 2. The molecule has 0 aliphatic carbocycles. The molecule has 0 saturated carbocycles. The first-order chi connectivity index (χ1) is 7.84. The fourth-order valence-electron chi connectivity index (χ4n) is 1.24. The van der Waals surface area contributed by atoms with Crippen LogP contribution in [0.25, 0.3) is 0 Å². The summed E-state index contributed by atoms with van der Waals surface area (Å²) >= 11 is 0. The van der Waals surface area contributed by atoms with E-state index in [0.29, 0.717) is 23.1 Å². The van der Waals surface area contributed by atoms with Crippen LogP contribution in [0.15, 0.2) is 6.20 Å². The smallest absolute Gasteiger partial charge is 0.147 e. The summed E-state index contributed by atoms with van der Waals surface area (Å²) in [6.45, 7) is 11.4. The number of nitrogens with zero attached hydrogens (tertiary/aromatic N) is 3. The molecule has 1 heterocycles. The fraction of sp³-hybridized carbons (Fsp3) is 0.615. The van der Waals surface area contributed by atoms with Gasteiger partial charge in [-0.1, -0.05) is 27.7 Å². The highest BCUT2D eigenvalue weighted by Crippen LogP contribution is 2.25. The Kier molecular flexibility index (Phi) is 4.06. The number of rotatable bonds is 3. The first-order valence-corrected chi connectivity index (χ1v) is 5.82. The van der Waals surface area contributed by atoms with Crippen molar-refractivity contribution in [1.82, 2.24) is 9.97 Å². The summed E-state index contributed by atoms with van der Waals surface area (Å²) in [5.41, 5.74) is 0.735. The second-order valence-corrected chi connectivity index (χ2v) is 5.44. The third-order valence-corrected chi connectivity index (χ3v) is 3.08. The van der Waals surface area contributed by atoms with Crippen molar-refractivity contribution >= 4 is 5.82 Å². The van der Waals surface area contributed by atoms with E-state index in [1.165, 1.54) is 0 Å². The molecule has 0 fully saturated rings. The molecule has 1 atom stereocenters. The van der Waals surface area contributed by atoms with Crippen LogP contribution in [0, 0.1) is 29.6 Å². The van der Waals surface area contributed by atoms with Crippen molar-refractivity contribution in [2.45, 2.75) is 34.6 Å². The number of nitrogens with one attached hydrogen (secondary N) is 1. The minimum absolute atomic E-state index is 0.238. The first-order valence-electron chi connectivity index (χ1n) is 5.82. The zero-order valence-electron chi connectivity index (χ0n) is 11.2. The van der Waals surface area contributed by atoms with E-state index >= 15 is 0 Å². The zero-order chi connectivity index (χ0) is 13.1. The van der Waals surface area contributed by atoms with E-state index in [1.807, 2.05) is 6.92 Å². The Morgan fingerprint density at radius 1 is 1.47 bits per heavy atom. The van der Waals surface area contributed by atoms with Gasteiger partial charge in [-0.3, -0.25) is 0 Å². The highest BCUT2D eigenvalue weighted by molar-refractivity contribution is 5.50. The molecule has 0 radical (unpaired) electrons. The van der Waals surface area contributed by atoms with Gasteiger partial charge in [0.1, 0.15) is 23.3 Å². The van der Waals surface area contributed by atoms with Crippen LogP contribution in [-0.4, -0.2) is 16.5 Å². The van der Waals surface area contributed by atoms with Gasteiger partial charge in [-0.25, -0.2) is 9.97 Å². The average Bonchev–Trinajstić information content (AvgIpc) is 2.24. The van der Waals surface area contributed by atoms with Gasteiger partial charge in [0, 0.05) is 6.54 Å². The second kappa shape index (κ2) is 5.13. The van der Waals surface area contributed by atoms with Crippen LogP contribution in [0.2, 0.25) is 0 Å². The third-order valence-electron chi connectivity index (χ3n) is 3.08. The molecule has 0 amide bonds. The summed E-state index contributed by atoms with van der Waals surface area (Å²) in [6.07, 6.45) is 1.56. The molecule has 0 aliphatic rings. The molecule has 0 bridgehead atoms. The van der Waals surface area contributed by atoms with E-state index < -0.39 is 0 Å². The molecule has 4 heteroatoms. The summed E-state index contributed by atoms with van der Waals surface area (Å²) in [4.78, 5) is 8.27. The normalized spacial score (nSPS) is 12.9. The molecule has 0 aliphatic heterocycles. The number of nitriles is 1. The highest BCUT2D eigenvalue weighted by atomic mass is 15.0. The molecule has 1 aromatic heterocycles. The summed E-state index contributed by atoms with van der Waals surface area (Å²) in [5, 5.41) is 12.2. The Balaban J connectivity index is 2.76. The van der Waals surface area contributed by atoms with E-state index in [1.54, 1.807) is 6.20 Å². The fourth-order valence-corrected chi connectivity index (χ4v) is 1.24. The largest absolute Gasteiger partial charge is 0.369 e. The minimum Gasteiger partial charge on any atom is -0.369 e. The maximum absolute atomic E-state index is 8.96. The molecule has 4 nitrogen and oxygen atoms in total. The Labute approximate surface area is 103 Å². The standard InChI is InChI=1S/C13H20N4/c1-9(13(3,4)5)7-16-12-11(6-14)8-15-10(2)17-12/h8-9H,7H2,1-5H3,(H,15,16,17). The van der Waals surface area contributed by atoms with E-state index in [4.69, 9.17) is 5.26 Å². The Bertz CT molecular complexity index is 426. The van der Waals surface area contributed by atoms with E-state index in [0.717, 1.165) is 6.54 Å². The van der Waals surface area contributed by atoms with Gasteiger partial charge in [0.15, 0.2) is 0 Å². The molecule has 0 spiro atoms. The number of anilines is 1.